The number of ether oxygens (including phenoxy) is 2. The number of quaternary nitrogens is 1. The van der Waals surface area contributed by atoms with Crippen LogP contribution in [-0.4, -0.2) is 227 Å². The molecule has 0 saturated carbocycles. The number of halogens is 1. The van der Waals surface area contributed by atoms with Crippen LogP contribution in [0.1, 0.15) is 170 Å². The van der Waals surface area contributed by atoms with Crippen molar-refractivity contribution >= 4 is 81.7 Å². The Morgan fingerprint density at radius 3 is 2.09 bits per heavy atom. The molecule has 11 amide bonds. The van der Waals surface area contributed by atoms with E-state index in [2.05, 4.69) is 63.7 Å². The van der Waals surface area contributed by atoms with Crippen molar-refractivity contribution in [2.75, 3.05) is 67.6 Å². The zero-order chi connectivity index (χ0) is 82.5. The van der Waals surface area contributed by atoms with Crippen LogP contribution in [0.2, 0.25) is 0 Å². The fraction of sp³-hybridized carbons (Fsp3) is 0.552. The molecule has 0 radical (unpaired) electrons. The summed E-state index contributed by atoms with van der Waals surface area (Å²) in [7, 11) is 7.96. The van der Waals surface area contributed by atoms with Crippen LogP contribution in [0, 0.1) is 13.2 Å². The van der Waals surface area contributed by atoms with E-state index >= 15 is 33.2 Å². The van der Waals surface area contributed by atoms with E-state index in [1.165, 1.54) is 38.0 Å². The summed E-state index contributed by atoms with van der Waals surface area (Å²) in [6, 6.07) is 14.4. The van der Waals surface area contributed by atoms with Crippen molar-refractivity contribution in [3.63, 3.8) is 0 Å². The number of unbranched alkanes of at least 4 members (excludes halogenated alkanes) is 5. The highest BCUT2D eigenvalue weighted by Crippen LogP contribution is 2.33. The normalized spacial score (nSPS) is 24.4. The van der Waals surface area contributed by atoms with Crippen LogP contribution >= 0.6 is 0 Å². The number of Topliss-reactive ketones (excluding diaryl/α,β-unsaturated/α-hetero) is 1. The monoisotopic (exact) mass is 1610 g/mol. The number of aliphatic hydroxyl groups excluding tert-OH is 1. The first-order valence-electron chi connectivity index (χ1n) is 41.0. The van der Waals surface area contributed by atoms with Gasteiger partial charge in [0.25, 0.3) is 0 Å². The van der Waals surface area contributed by atoms with Crippen LogP contribution in [0.25, 0.3) is 10.9 Å². The topological polar surface area (TPSA) is 354 Å². The van der Waals surface area contributed by atoms with Crippen molar-refractivity contribution in [2.45, 2.75) is 242 Å². The number of methoxy groups -OCH3 is 1. The molecule has 28 nitrogen and oxygen atoms in total. The van der Waals surface area contributed by atoms with Crippen molar-refractivity contribution < 1.29 is 81.0 Å². The number of carbonyl (C=O) groups is 12. The number of aromatic nitrogens is 1. The molecule has 6 aliphatic rings. The Morgan fingerprint density at radius 2 is 1.35 bits per heavy atom. The molecule has 9 N–H and O–H groups in total. The number of hydrogen-bond donors (Lipinski definition) is 9. The summed E-state index contributed by atoms with van der Waals surface area (Å²) in [4.78, 5) is 183. The molecule has 12 bridgehead atoms. The van der Waals surface area contributed by atoms with Crippen LogP contribution < -0.4 is 47.3 Å². The zero-order valence-corrected chi connectivity index (χ0v) is 68.6. The number of benzene rings is 4. The molecule has 2 saturated heterocycles. The second-order valence-corrected chi connectivity index (χ2v) is 32.8. The molecule has 0 spiro atoms. The molecule has 11 rings (SSSR count). The van der Waals surface area contributed by atoms with Gasteiger partial charge in [-0.15, -0.1) is 0 Å². The van der Waals surface area contributed by atoms with Crippen LogP contribution in [-0.2, 0) is 108 Å². The van der Waals surface area contributed by atoms with E-state index in [-0.39, 0.29) is 116 Å². The Kier molecular flexibility index (Phi) is 32.6. The maximum Gasteiger partial charge on any atom is 0.246 e. The van der Waals surface area contributed by atoms with Crippen LogP contribution in [0.5, 0.6) is 5.75 Å². The van der Waals surface area contributed by atoms with Crippen LogP contribution in [0.4, 0.5) is 4.39 Å². The summed E-state index contributed by atoms with van der Waals surface area (Å²) in [5.74, 6) is -8.51. The quantitative estimate of drug-likeness (QED) is 0.0339. The molecule has 7 heterocycles. The highest BCUT2D eigenvalue weighted by Gasteiger charge is 2.50. The van der Waals surface area contributed by atoms with Crippen molar-refractivity contribution in [3.8, 4) is 5.75 Å². The maximum absolute atomic E-state index is 16.3. The molecule has 0 aliphatic carbocycles. The number of nitrogens with one attached hydrogen (secondary N) is 8. The minimum atomic E-state index is -1.85. The van der Waals surface area contributed by atoms with Gasteiger partial charge in [-0.2, -0.15) is 0 Å². The maximum atomic E-state index is 16.3. The number of aliphatic hydroxyl groups is 1. The summed E-state index contributed by atoms with van der Waals surface area (Å²) >= 11 is 0. The molecule has 1 aromatic heterocycles. The van der Waals surface area contributed by atoms with Crippen molar-refractivity contribution in [2.24, 2.45) is 0 Å². The fourth-order valence-corrected chi connectivity index (χ4v) is 16.1. The van der Waals surface area contributed by atoms with E-state index in [1.54, 1.807) is 72.6 Å². The number of carbonyl (C=O) groups excluding carboxylic acids is 12. The summed E-state index contributed by atoms with van der Waals surface area (Å²) in [6.45, 7) is 5.64. The second-order valence-electron chi connectivity index (χ2n) is 32.8. The van der Waals surface area contributed by atoms with Gasteiger partial charge in [0, 0.05) is 108 Å². The molecule has 29 heteroatoms. The molecule has 10 atom stereocenters. The average Bonchev–Trinajstić information content (AvgIpc) is 1.62. The summed E-state index contributed by atoms with van der Waals surface area (Å²) < 4.78 is 30.4. The molecule has 116 heavy (non-hydrogen) atoms. The molecule has 630 valence electrons. The highest BCUT2D eigenvalue weighted by atomic mass is 19.1. The van der Waals surface area contributed by atoms with Gasteiger partial charge in [0.05, 0.1) is 47.0 Å². The van der Waals surface area contributed by atoms with Gasteiger partial charge < -0.3 is 88.3 Å². The highest BCUT2D eigenvalue weighted by molar-refractivity contribution is 6.00. The van der Waals surface area contributed by atoms with Crippen molar-refractivity contribution in [1.29, 1.82) is 0 Å². The lowest BCUT2D eigenvalue weighted by molar-refractivity contribution is -0.870. The molecule has 5 aromatic rings. The first kappa shape index (κ1) is 89.8. The predicted octanol–water partition coefficient (Wildman–Crippen LogP) is 5.42. The number of nitrogens with zero attached hydrogens (tertiary/aromatic N) is 5. The van der Waals surface area contributed by atoms with E-state index in [1.807, 2.05) is 28.8 Å². The van der Waals surface area contributed by atoms with Crippen molar-refractivity contribution in [3.05, 3.63) is 144 Å². The van der Waals surface area contributed by atoms with Gasteiger partial charge in [-0.05, 0) is 149 Å². The smallest absolute Gasteiger partial charge is 0.246 e. The number of hydrogen-bond acceptors (Lipinski definition) is 15. The molecular weight excluding hydrogens is 1490 g/mol. The van der Waals surface area contributed by atoms with E-state index in [0.717, 1.165) is 59.2 Å². The molecule has 4 aromatic carbocycles. The van der Waals surface area contributed by atoms with Gasteiger partial charge >= 0.3 is 0 Å². The Bertz CT molecular complexity index is 4280. The Hall–Kier alpha value is -10.1. The zero-order valence-electron chi connectivity index (χ0n) is 68.6. The van der Waals surface area contributed by atoms with E-state index in [0.29, 0.717) is 96.9 Å². The lowest BCUT2D eigenvalue weighted by Crippen LogP contribution is -2.64. The van der Waals surface area contributed by atoms with Crippen LogP contribution in [0.3, 0.4) is 0 Å². The van der Waals surface area contributed by atoms with Gasteiger partial charge in [-0.3, -0.25) is 57.5 Å². The second kappa shape index (κ2) is 42.1. The fourth-order valence-electron chi connectivity index (χ4n) is 16.1. The standard InChI is InChI=1S/C86H116FN13O15.CH3/c1-55-78(106)91-67(33-30-64(102)22-14-10-8-9-13-17-45-100(4,5)6)79(107)92-68-48-60-20-18-21-61(46-60)51-89-74(104)54-115-72-38-44-98-77(72)82(110)95-76(56(2)101)81(109)94-69(47-58-27-31-65(114-7)32-28-58)84(112)99-43-19-39-86(99,3)85(113)88-40-37-57-23-25-59(26-24-57)52-97(75(105)36-35-73(103)90-55)42-16-12-11-15-41-96-53-62(49-70(83(98)111)93-80(68)108)66-50-63(87)29-34-71(66)96;/h18,20-21,23-29,31-32,34,46,50,53,55-56,67-70,72,76-77,101H,8-17,19,22,30,33,35-45,47-49,51-52,54H2,1-7H3,(H7-,88,89,90,91,92,93,94,95,103,104,106,107,108,109,110,113);1H3/q;-1/p+1/t55-,56+,67+,68-,69-,70-,72-,76-,77-,86-;/m0./s1. The average molecular weight is 1610 g/mol. The first-order valence-corrected chi connectivity index (χ1v) is 41.0. The molecule has 2 fully saturated rings. The van der Waals surface area contributed by atoms with Crippen molar-refractivity contribution in [1.82, 2.24) is 61.8 Å². The Labute approximate surface area is 680 Å². The van der Waals surface area contributed by atoms with E-state index in [9.17, 15) is 33.9 Å². The Morgan fingerprint density at radius 1 is 0.655 bits per heavy atom. The van der Waals surface area contributed by atoms with Gasteiger partial charge in [-0.25, -0.2) is 4.39 Å². The third-order valence-corrected chi connectivity index (χ3v) is 22.8. The third-order valence-electron chi connectivity index (χ3n) is 22.8. The van der Waals surface area contributed by atoms with Gasteiger partial charge in [0.1, 0.15) is 71.8 Å². The van der Waals surface area contributed by atoms with Gasteiger partial charge in [0.15, 0.2) is 0 Å². The number of amides is 11. The first-order chi connectivity index (χ1) is 55.0. The SMILES string of the molecule is COc1ccc(C[C@@H]2NC(=O)[C@H]([C@@H](C)O)NC(=O)[C@@H]3[C@@H]4CCN3C(=O)[C@@H]3Cc5cn(c6ccc(F)cc56)CCCCCCN(Cc5ccc(cc5)CCNC(=O)[C@]5(C)CCCN5C2=O)C(=O)CCC(=O)N[C@@H](C)C(=O)N[C@H](CCC(=O)CCCCCCCC[N+](C)(C)C)C(=O)N[C@@H](Cc2cccc(c2)CNC(=O)CO4)C(=O)N3)cc1.[CH3-]. The minimum Gasteiger partial charge on any atom is -0.497 e. The lowest BCUT2D eigenvalue weighted by atomic mass is 9.95. The molecule has 6 aliphatic heterocycles. The minimum absolute atomic E-state index is 0. The number of ketones is 1. The van der Waals surface area contributed by atoms with Gasteiger partial charge in [-0.1, -0.05) is 92.8 Å². The largest absolute Gasteiger partial charge is 0.497 e. The molecule has 0 unspecified atom stereocenters. The predicted molar refractivity (Wildman–Crippen MR) is 435 cm³/mol. The number of fused-ring (bicyclic) bond motifs is 16. The lowest BCUT2D eigenvalue weighted by Gasteiger charge is -2.37. The Balaban J connectivity index is 0.0000154. The number of rotatable bonds is 16. The van der Waals surface area contributed by atoms with E-state index < -0.39 is 132 Å². The summed E-state index contributed by atoms with van der Waals surface area (Å²) in [5, 5.41) is 34.7. The van der Waals surface area contributed by atoms with Crippen LogP contribution in [0.15, 0.2) is 97.2 Å². The van der Waals surface area contributed by atoms with Gasteiger partial charge in [0.2, 0.25) is 65.0 Å². The number of aryl methyl sites for hydroxylation is 1. The molecular formula is C87H120FN13O15. The summed E-state index contributed by atoms with van der Waals surface area (Å²) in [6.07, 6.45) is 6.30. The van der Waals surface area contributed by atoms with E-state index in [4.69, 9.17) is 9.47 Å². The third kappa shape index (κ3) is 25.0. The summed E-state index contributed by atoms with van der Waals surface area (Å²) in [5.41, 5.74) is 2.84.